The number of amides is 1. The van der Waals surface area contributed by atoms with Crippen LogP contribution in [0.25, 0.3) is 0 Å². The Bertz CT molecular complexity index is 390. The molecule has 4 heteroatoms. The molecule has 0 radical (unpaired) electrons. The normalized spacial score (nSPS) is 15.4. The van der Waals surface area contributed by atoms with Crippen LogP contribution in [-0.2, 0) is 11.3 Å². The molecule has 1 fully saturated rings. The third kappa shape index (κ3) is 2.79. The summed E-state index contributed by atoms with van der Waals surface area (Å²) < 4.78 is 13.4. The Morgan fingerprint density at radius 1 is 1.44 bits per heavy atom. The minimum absolute atomic E-state index is 0.207. The molecule has 1 saturated carbocycles. The summed E-state index contributed by atoms with van der Waals surface area (Å²) in [6.07, 6.45) is 2.14. The van der Waals surface area contributed by atoms with E-state index in [0.717, 1.165) is 12.8 Å². The maximum absolute atomic E-state index is 13.4. The Morgan fingerprint density at radius 2 is 2.12 bits per heavy atom. The van der Waals surface area contributed by atoms with Crippen molar-refractivity contribution in [3.63, 3.8) is 0 Å². The van der Waals surface area contributed by atoms with E-state index >= 15 is 0 Å². The van der Waals surface area contributed by atoms with Gasteiger partial charge in [0.25, 0.3) is 0 Å². The molecule has 0 aliphatic heterocycles. The first-order chi connectivity index (χ1) is 7.66. The number of nitrogens with zero attached hydrogens (tertiary/aromatic N) is 1. The van der Waals surface area contributed by atoms with Crippen LogP contribution in [-0.4, -0.2) is 23.4 Å². The summed E-state index contributed by atoms with van der Waals surface area (Å²) in [7, 11) is 0. The molecule has 86 valence electrons. The second-order valence-corrected chi connectivity index (χ2v) is 4.19. The van der Waals surface area contributed by atoms with Crippen molar-refractivity contribution in [2.45, 2.75) is 25.4 Å². The fourth-order valence-electron chi connectivity index (χ4n) is 1.80. The lowest BCUT2D eigenvalue weighted by Crippen LogP contribution is -2.35. The van der Waals surface area contributed by atoms with Crippen molar-refractivity contribution in [3.8, 4) is 0 Å². The number of primary amides is 1. The second-order valence-electron chi connectivity index (χ2n) is 4.19. The maximum atomic E-state index is 13.4. The van der Waals surface area contributed by atoms with Gasteiger partial charge < -0.3 is 5.73 Å². The number of nitrogens with two attached hydrogens (primary N) is 1. The predicted molar refractivity (Wildman–Crippen MR) is 59.0 cm³/mol. The van der Waals surface area contributed by atoms with Gasteiger partial charge in [-0.1, -0.05) is 18.2 Å². The van der Waals surface area contributed by atoms with Gasteiger partial charge in [-0.25, -0.2) is 4.39 Å². The van der Waals surface area contributed by atoms with Crippen molar-refractivity contribution < 1.29 is 9.18 Å². The van der Waals surface area contributed by atoms with Gasteiger partial charge in [0.05, 0.1) is 6.54 Å². The van der Waals surface area contributed by atoms with Crippen molar-refractivity contribution in [2.24, 2.45) is 5.73 Å². The first-order valence-corrected chi connectivity index (χ1v) is 5.42. The van der Waals surface area contributed by atoms with Crippen molar-refractivity contribution in [1.29, 1.82) is 0 Å². The van der Waals surface area contributed by atoms with Crippen LogP contribution in [0.4, 0.5) is 4.39 Å². The standard InChI is InChI=1S/C12H15FN2O/c13-11-4-2-1-3-9(11)7-15(8-12(14)16)10-5-6-10/h1-4,10H,5-8H2,(H2,14,16). The van der Waals surface area contributed by atoms with Gasteiger partial charge >= 0.3 is 0 Å². The summed E-state index contributed by atoms with van der Waals surface area (Å²) in [5, 5.41) is 0. The highest BCUT2D eigenvalue weighted by molar-refractivity contribution is 5.76. The molecule has 2 rings (SSSR count). The molecule has 0 atom stereocenters. The van der Waals surface area contributed by atoms with Crippen molar-refractivity contribution in [3.05, 3.63) is 35.6 Å². The zero-order valence-electron chi connectivity index (χ0n) is 9.03. The van der Waals surface area contributed by atoms with Crippen LogP contribution in [0.15, 0.2) is 24.3 Å². The number of carbonyl (C=O) groups is 1. The van der Waals surface area contributed by atoms with E-state index in [4.69, 9.17) is 5.73 Å². The molecule has 0 bridgehead atoms. The van der Waals surface area contributed by atoms with Gasteiger partial charge in [0.15, 0.2) is 0 Å². The summed E-state index contributed by atoms with van der Waals surface area (Å²) in [5.74, 6) is -0.583. The number of benzene rings is 1. The van der Waals surface area contributed by atoms with E-state index < -0.39 is 0 Å². The molecule has 0 heterocycles. The lowest BCUT2D eigenvalue weighted by Gasteiger charge is -2.20. The van der Waals surface area contributed by atoms with Crippen LogP contribution < -0.4 is 5.73 Å². The number of hydrogen-bond acceptors (Lipinski definition) is 2. The topological polar surface area (TPSA) is 46.3 Å². The molecule has 0 unspecified atom stereocenters. The van der Waals surface area contributed by atoms with E-state index in [1.807, 2.05) is 4.90 Å². The molecule has 1 aliphatic carbocycles. The Morgan fingerprint density at radius 3 is 2.69 bits per heavy atom. The number of hydrogen-bond donors (Lipinski definition) is 1. The van der Waals surface area contributed by atoms with E-state index in [0.29, 0.717) is 18.2 Å². The van der Waals surface area contributed by atoms with Crippen LogP contribution in [0, 0.1) is 5.82 Å². The minimum Gasteiger partial charge on any atom is -0.369 e. The molecule has 3 nitrogen and oxygen atoms in total. The first kappa shape index (κ1) is 11.1. The first-order valence-electron chi connectivity index (χ1n) is 5.42. The lowest BCUT2D eigenvalue weighted by atomic mass is 10.2. The van der Waals surface area contributed by atoms with Crippen molar-refractivity contribution in [2.75, 3.05) is 6.54 Å². The van der Waals surface area contributed by atoms with Gasteiger partial charge in [0.1, 0.15) is 5.82 Å². The summed E-state index contributed by atoms with van der Waals surface area (Å²) in [5.41, 5.74) is 5.80. The van der Waals surface area contributed by atoms with E-state index in [2.05, 4.69) is 0 Å². The lowest BCUT2D eigenvalue weighted by molar-refractivity contribution is -0.119. The van der Waals surface area contributed by atoms with Crippen LogP contribution in [0.2, 0.25) is 0 Å². The highest BCUT2D eigenvalue weighted by Crippen LogP contribution is 2.28. The van der Waals surface area contributed by atoms with Gasteiger partial charge in [-0.3, -0.25) is 9.69 Å². The Kier molecular flexibility index (Phi) is 3.19. The molecule has 0 saturated heterocycles. The molecular formula is C12H15FN2O. The molecule has 0 spiro atoms. The van der Waals surface area contributed by atoms with Crippen molar-refractivity contribution in [1.82, 2.24) is 4.90 Å². The van der Waals surface area contributed by atoms with E-state index in [1.54, 1.807) is 18.2 Å². The van der Waals surface area contributed by atoms with E-state index in [1.165, 1.54) is 6.07 Å². The molecule has 16 heavy (non-hydrogen) atoms. The highest BCUT2D eigenvalue weighted by atomic mass is 19.1. The molecule has 1 amide bonds. The molecule has 1 aliphatic rings. The number of carbonyl (C=O) groups excluding carboxylic acids is 1. The van der Waals surface area contributed by atoms with Gasteiger partial charge in [-0.15, -0.1) is 0 Å². The quantitative estimate of drug-likeness (QED) is 0.815. The zero-order chi connectivity index (χ0) is 11.5. The third-order valence-corrected chi connectivity index (χ3v) is 2.75. The average molecular weight is 222 g/mol. The largest absolute Gasteiger partial charge is 0.369 e. The zero-order valence-corrected chi connectivity index (χ0v) is 9.03. The van der Waals surface area contributed by atoms with E-state index in [-0.39, 0.29) is 18.3 Å². The van der Waals surface area contributed by atoms with Crippen LogP contribution >= 0.6 is 0 Å². The van der Waals surface area contributed by atoms with Gasteiger partial charge in [-0.2, -0.15) is 0 Å². The Labute approximate surface area is 94.0 Å². The molecule has 0 aromatic heterocycles. The number of rotatable bonds is 5. The summed E-state index contributed by atoms with van der Waals surface area (Å²) >= 11 is 0. The SMILES string of the molecule is NC(=O)CN(Cc1ccccc1F)C1CC1. The minimum atomic E-state index is -0.358. The molecule has 2 N–H and O–H groups in total. The predicted octanol–water partition coefficient (Wildman–Crippen LogP) is 1.28. The van der Waals surface area contributed by atoms with Gasteiger partial charge in [-0.05, 0) is 18.9 Å². The summed E-state index contributed by atoms with van der Waals surface area (Å²) in [6.45, 7) is 0.666. The number of halogens is 1. The van der Waals surface area contributed by atoms with Crippen molar-refractivity contribution >= 4 is 5.91 Å². The van der Waals surface area contributed by atoms with Crippen LogP contribution in [0.1, 0.15) is 18.4 Å². The van der Waals surface area contributed by atoms with Gasteiger partial charge in [0, 0.05) is 18.2 Å². The van der Waals surface area contributed by atoms with Gasteiger partial charge in [0.2, 0.25) is 5.91 Å². The monoisotopic (exact) mass is 222 g/mol. The molecular weight excluding hydrogens is 207 g/mol. The Balaban J connectivity index is 2.05. The Hall–Kier alpha value is -1.42. The summed E-state index contributed by atoms with van der Waals surface area (Å²) in [6, 6.07) is 7.03. The fraction of sp³-hybridized carbons (Fsp3) is 0.417. The smallest absolute Gasteiger partial charge is 0.231 e. The maximum Gasteiger partial charge on any atom is 0.231 e. The van der Waals surface area contributed by atoms with Crippen LogP contribution in [0.3, 0.4) is 0 Å². The van der Waals surface area contributed by atoms with E-state index in [9.17, 15) is 9.18 Å². The molecule has 1 aromatic rings. The second kappa shape index (κ2) is 4.61. The fourth-order valence-corrected chi connectivity index (χ4v) is 1.80. The van der Waals surface area contributed by atoms with Crippen LogP contribution in [0.5, 0.6) is 0 Å². The molecule has 1 aromatic carbocycles. The highest BCUT2D eigenvalue weighted by Gasteiger charge is 2.30. The summed E-state index contributed by atoms with van der Waals surface area (Å²) in [4.78, 5) is 12.8. The third-order valence-electron chi connectivity index (χ3n) is 2.75. The average Bonchev–Trinajstić information content (AvgIpc) is 3.03.